The summed E-state index contributed by atoms with van der Waals surface area (Å²) in [5.41, 5.74) is 7.99. The smallest absolute Gasteiger partial charge is 0.228 e. The topological polar surface area (TPSA) is 77.9 Å². The van der Waals surface area contributed by atoms with Crippen LogP contribution in [-0.2, 0) is 4.79 Å². The summed E-state index contributed by atoms with van der Waals surface area (Å²) < 4.78 is 0. The first kappa shape index (κ1) is 9.78. The molecule has 0 heterocycles. The molecule has 1 atom stereocenters. The second-order valence-electron chi connectivity index (χ2n) is 2.17. The molecule has 0 bridgehead atoms. The zero-order valence-corrected chi connectivity index (χ0v) is 6.74. The van der Waals surface area contributed by atoms with E-state index in [9.17, 15) is 4.79 Å². The Morgan fingerprint density at radius 3 is 2.91 bits per heavy atom. The third kappa shape index (κ3) is 4.22. The molecule has 0 fully saturated rings. The highest BCUT2D eigenvalue weighted by Gasteiger charge is 2.07. The molecule has 5 heteroatoms. The maximum Gasteiger partial charge on any atom is 0.228 e. The van der Waals surface area contributed by atoms with Gasteiger partial charge >= 0.3 is 0 Å². The van der Waals surface area contributed by atoms with Gasteiger partial charge in [0.05, 0.1) is 0 Å². The van der Waals surface area contributed by atoms with E-state index in [-0.39, 0.29) is 5.91 Å². The molecule has 0 aromatic rings. The van der Waals surface area contributed by atoms with Gasteiger partial charge in [0.25, 0.3) is 0 Å². The maximum atomic E-state index is 10.9. The van der Waals surface area contributed by atoms with Gasteiger partial charge in [-0.05, 0) is 18.9 Å². The van der Waals surface area contributed by atoms with E-state index in [2.05, 4.69) is 15.3 Å². The Morgan fingerprint density at radius 2 is 2.45 bits per heavy atom. The van der Waals surface area contributed by atoms with Crippen molar-refractivity contribution in [1.82, 2.24) is 5.32 Å². The minimum Gasteiger partial charge on any atom is -0.356 e. The molecule has 0 spiro atoms. The predicted molar refractivity (Wildman–Crippen MR) is 41.9 cm³/mol. The third-order valence-corrected chi connectivity index (χ3v) is 1.15. The van der Waals surface area contributed by atoms with Gasteiger partial charge in [-0.3, -0.25) is 4.79 Å². The fraction of sp³-hybridized carbons (Fsp3) is 0.833. The van der Waals surface area contributed by atoms with E-state index in [0.717, 1.165) is 6.42 Å². The first-order valence-electron chi connectivity index (χ1n) is 3.54. The Labute approximate surface area is 65.4 Å². The van der Waals surface area contributed by atoms with Gasteiger partial charge in [-0.15, -0.1) is 0 Å². The van der Waals surface area contributed by atoms with Crippen molar-refractivity contribution in [2.45, 2.75) is 26.3 Å². The molecule has 0 saturated heterocycles. The summed E-state index contributed by atoms with van der Waals surface area (Å²) in [6, 6.07) is -0.605. The number of hydrogen-bond donors (Lipinski definition) is 1. The molecule has 5 nitrogen and oxygen atoms in total. The zero-order valence-electron chi connectivity index (χ0n) is 6.74. The molecular formula is C6H12N4O. The van der Waals surface area contributed by atoms with Crippen molar-refractivity contribution in [2.24, 2.45) is 5.11 Å². The van der Waals surface area contributed by atoms with Crippen molar-refractivity contribution in [3.05, 3.63) is 10.4 Å². The Hall–Kier alpha value is -1.22. The van der Waals surface area contributed by atoms with Crippen LogP contribution in [0, 0.1) is 0 Å². The van der Waals surface area contributed by atoms with Crippen LogP contribution in [-0.4, -0.2) is 18.5 Å². The summed E-state index contributed by atoms with van der Waals surface area (Å²) in [4.78, 5) is 13.4. The molecule has 0 aromatic carbocycles. The van der Waals surface area contributed by atoms with Crippen LogP contribution in [0.4, 0.5) is 0 Å². The molecular weight excluding hydrogens is 144 g/mol. The number of carbonyl (C=O) groups excluding carboxylic acids is 1. The van der Waals surface area contributed by atoms with Crippen molar-refractivity contribution in [3.8, 4) is 0 Å². The van der Waals surface area contributed by atoms with E-state index in [1.54, 1.807) is 6.92 Å². The van der Waals surface area contributed by atoms with Crippen LogP contribution in [0.3, 0.4) is 0 Å². The number of carbonyl (C=O) groups is 1. The van der Waals surface area contributed by atoms with Crippen LogP contribution in [0.15, 0.2) is 5.11 Å². The first-order valence-corrected chi connectivity index (χ1v) is 3.54. The number of rotatable bonds is 4. The molecule has 62 valence electrons. The first-order chi connectivity index (χ1) is 5.22. The quantitative estimate of drug-likeness (QED) is 0.370. The Balaban J connectivity index is 3.73. The van der Waals surface area contributed by atoms with Crippen molar-refractivity contribution >= 4 is 5.91 Å². The van der Waals surface area contributed by atoms with Gasteiger partial charge in [0.1, 0.15) is 6.04 Å². The normalized spacial score (nSPS) is 11.5. The van der Waals surface area contributed by atoms with Crippen LogP contribution in [0.5, 0.6) is 0 Å². The minimum absolute atomic E-state index is 0.218. The van der Waals surface area contributed by atoms with E-state index in [4.69, 9.17) is 5.53 Å². The molecule has 11 heavy (non-hydrogen) atoms. The molecule has 0 aliphatic rings. The molecule has 0 aliphatic heterocycles. The van der Waals surface area contributed by atoms with Crippen LogP contribution in [0.2, 0.25) is 0 Å². The van der Waals surface area contributed by atoms with Gasteiger partial charge in [-0.1, -0.05) is 12.0 Å². The zero-order chi connectivity index (χ0) is 8.69. The van der Waals surface area contributed by atoms with E-state index >= 15 is 0 Å². The van der Waals surface area contributed by atoms with Crippen molar-refractivity contribution in [2.75, 3.05) is 6.54 Å². The van der Waals surface area contributed by atoms with Crippen LogP contribution < -0.4 is 5.32 Å². The van der Waals surface area contributed by atoms with Gasteiger partial charge in [0.2, 0.25) is 5.91 Å². The van der Waals surface area contributed by atoms with Gasteiger partial charge < -0.3 is 5.32 Å². The van der Waals surface area contributed by atoms with E-state index < -0.39 is 6.04 Å². The highest BCUT2D eigenvalue weighted by atomic mass is 16.2. The summed E-state index contributed by atoms with van der Waals surface area (Å²) in [6.45, 7) is 4.15. The summed E-state index contributed by atoms with van der Waals surface area (Å²) in [7, 11) is 0. The van der Waals surface area contributed by atoms with Gasteiger partial charge in [-0.25, -0.2) is 0 Å². The monoisotopic (exact) mass is 156 g/mol. The fourth-order valence-corrected chi connectivity index (χ4v) is 0.526. The third-order valence-electron chi connectivity index (χ3n) is 1.15. The second-order valence-corrected chi connectivity index (χ2v) is 2.17. The highest BCUT2D eigenvalue weighted by molar-refractivity contribution is 5.81. The lowest BCUT2D eigenvalue weighted by Gasteiger charge is -2.04. The maximum absolute atomic E-state index is 10.9. The lowest BCUT2D eigenvalue weighted by Crippen LogP contribution is -2.31. The van der Waals surface area contributed by atoms with Crippen LogP contribution in [0.1, 0.15) is 20.3 Å². The SMILES string of the molecule is CCCNC(=O)C(C)N=[N+]=[N-]. The number of azide groups is 1. The molecule has 0 rings (SSSR count). The summed E-state index contributed by atoms with van der Waals surface area (Å²) in [5.74, 6) is -0.218. The lowest BCUT2D eigenvalue weighted by molar-refractivity contribution is -0.121. The molecule has 1 N–H and O–H groups in total. The molecule has 0 aliphatic carbocycles. The molecule has 1 amide bonds. The minimum atomic E-state index is -0.605. The van der Waals surface area contributed by atoms with Crippen LogP contribution >= 0.6 is 0 Å². The molecule has 0 aromatic heterocycles. The van der Waals surface area contributed by atoms with E-state index in [0.29, 0.717) is 6.54 Å². The van der Waals surface area contributed by atoms with E-state index in [1.165, 1.54) is 0 Å². The Morgan fingerprint density at radius 1 is 1.82 bits per heavy atom. The number of amides is 1. The number of nitrogens with one attached hydrogen (secondary N) is 1. The van der Waals surface area contributed by atoms with Crippen molar-refractivity contribution < 1.29 is 4.79 Å². The summed E-state index contributed by atoms with van der Waals surface area (Å²) in [5, 5.41) is 5.86. The fourth-order valence-electron chi connectivity index (χ4n) is 0.526. The van der Waals surface area contributed by atoms with Crippen LogP contribution in [0.25, 0.3) is 10.4 Å². The van der Waals surface area contributed by atoms with Crippen molar-refractivity contribution in [1.29, 1.82) is 0 Å². The molecule has 1 unspecified atom stereocenters. The van der Waals surface area contributed by atoms with Crippen molar-refractivity contribution in [3.63, 3.8) is 0 Å². The predicted octanol–water partition coefficient (Wildman–Crippen LogP) is 1.21. The molecule has 0 saturated carbocycles. The Bertz CT molecular complexity index is 173. The number of nitrogens with zero attached hydrogens (tertiary/aromatic N) is 3. The average Bonchev–Trinajstić information content (AvgIpc) is 2.00. The van der Waals surface area contributed by atoms with E-state index in [1.807, 2.05) is 6.92 Å². The highest BCUT2D eigenvalue weighted by Crippen LogP contribution is 1.89. The van der Waals surface area contributed by atoms with Gasteiger partial charge in [0, 0.05) is 11.5 Å². The van der Waals surface area contributed by atoms with Gasteiger partial charge in [-0.2, -0.15) is 0 Å². The average molecular weight is 156 g/mol. The van der Waals surface area contributed by atoms with Gasteiger partial charge in [0.15, 0.2) is 0 Å². The summed E-state index contributed by atoms with van der Waals surface area (Å²) >= 11 is 0. The molecule has 0 radical (unpaired) electrons. The largest absolute Gasteiger partial charge is 0.356 e. The standard InChI is InChI=1S/C6H12N4O/c1-3-4-8-6(11)5(2)9-10-7/h5H,3-4H2,1-2H3,(H,8,11). The summed E-state index contributed by atoms with van der Waals surface area (Å²) in [6.07, 6.45) is 0.884. The number of hydrogen-bond acceptors (Lipinski definition) is 2. The Kier molecular flexibility index (Phi) is 4.94. The lowest BCUT2D eigenvalue weighted by atomic mass is 10.3. The second kappa shape index (κ2) is 5.56.